The third kappa shape index (κ3) is 5.10. The number of amides is 2. The summed E-state index contributed by atoms with van der Waals surface area (Å²) < 4.78 is 20.2. The van der Waals surface area contributed by atoms with Gasteiger partial charge < -0.3 is 10.1 Å². The van der Waals surface area contributed by atoms with Gasteiger partial charge >= 0.3 is 0 Å². The number of hydrogen-bond donors (Lipinski definition) is 1. The van der Waals surface area contributed by atoms with Crippen molar-refractivity contribution in [3.8, 4) is 0 Å². The van der Waals surface area contributed by atoms with Crippen molar-refractivity contribution in [2.24, 2.45) is 7.05 Å². The number of nitrogens with one attached hydrogen (secondary N) is 1. The average Bonchev–Trinajstić information content (AvgIpc) is 2.97. The Balaban J connectivity index is 2.08. The topological polar surface area (TPSA) is 76.5 Å². The smallest absolute Gasteiger partial charge is 0.240 e. The van der Waals surface area contributed by atoms with Crippen LogP contribution in [0.2, 0.25) is 0 Å². The lowest BCUT2D eigenvalue weighted by Crippen LogP contribution is -2.43. The maximum Gasteiger partial charge on any atom is 0.240 e. The van der Waals surface area contributed by atoms with Crippen molar-refractivity contribution in [1.82, 2.24) is 15.1 Å². The first-order valence-corrected chi connectivity index (χ1v) is 11.2. The second kappa shape index (κ2) is 9.40. The summed E-state index contributed by atoms with van der Waals surface area (Å²) in [7, 11) is 3.35. The number of halogens is 1. The van der Waals surface area contributed by atoms with Gasteiger partial charge in [-0.2, -0.15) is 5.10 Å². The number of nitrogens with zero attached hydrogens (tertiary/aromatic N) is 3. The minimum absolute atomic E-state index is 0.102. The van der Waals surface area contributed by atoms with Gasteiger partial charge in [0.1, 0.15) is 18.2 Å². The van der Waals surface area contributed by atoms with Crippen LogP contribution in [0.1, 0.15) is 42.8 Å². The Kier molecular flexibility index (Phi) is 7.06. The molecule has 0 unspecified atom stereocenters. The van der Waals surface area contributed by atoms with Crippen LogP contribution in [-0.4, -0.2) is 54.2 Å². The van der Waals surface area contributed by atoms with Crippen molar-refractivity contribution in [3.05, 3.63) is 46.9 Å². The molecule has 9 heteroatoms. The predicted molar refractivity (Wildman–Crippen MR) is 120 cm³/mol. The highest BCUT2D eigenvalue weighted by molar-refractivity contribution is 8.00. The molecule has 168 valence electrons. The van der Waals surface area contributed by atoms with E-state index in [2.05, 4.69) is 26.1 Å². The van der Waals surface area contributed by atoms with Gasteiger partial charge in [-0.25, -0.2) is 4.39 Å². The summed E-state index contributed by atoms with van der Waals surface area (Å²) in [6, 6.07) is 6.34. The molecule has 0 aliphatic carbocycles. The molecule has 0 spiro atoms. The molecule has 3 rings (SSSR count). The lowest BCUT2D eigenvalue weighted by molar-refractivity contribution is -0.123. The molecule has 0 saturated heterocycles. The Morgan fingerprint density at radius 3 is 2.61 bits per heavy atom. The normalized spacial score (nSPS) is 16.8. The molecule has 7 nitrogen and oxygen atoms in total. The van der Waals surface area contributed by atoms with Crippen LogP contribution in [0.25, 0.3) is 0 Å². The van der Waals surface area contributed by atoms with E-state index < -0.39 is 0 Å². The number of thioether (sulfide) groups is 1. The first kappa shape index (κ1) is 23.3. The number of methoxy groups -OCH3 is 1. The Hall–Kier alpha value is -2.39. The maximum atomic E-state index is 13.6. The summed E-state index contributed by atoms with van der Waals surface area (Å²) in [5.74, 6) is 0.0683. The fourth-order valence-electron chi connectivity index (χ4n) is 3.64. The largest absolute Gasteiger partial charge is 0.383 e. The zero-order chi connectivity index (χ0) is 22.8. The summed E-state index contributed by atoms with van der Waals surface area (Å²) >= 11 is 1.47. The van der Waals surface area contributed by atoms with Crippen molar-refractivity contribution in [1.29, 1.82) is 0 Å². The van der Waals surface area contributed by atoms with Gasteiger partial charge in [0.2, 0.25) is 11.8 Å². The van der Waals surface area contributed by atoms with Gasteiger partial charge in [0.05, 0.1) is 23.3 Å². The molecule has 0 radical (unpaired) electrons. The van der Waals surface area contributed by atoms with Gasteiger partial charge in [-0.3, -0.25) is 19.2 Å². The molecule has 1 aliphatic heterocycles. The van der Waals surface area contributed by atoms with E-state index in [1.807, 2.05) is 0 Å². The van der Waals surface area contributed by atoms with Gasteiger partial charge in [-0.1, -0.05) is 32.9 Å². The standard InChI is InChI=1S/C22H29FN4O3S/c1-22(2,3)20-18-19(14-6-8-15(23)9-7-14)31-13-17(29)27(21(18)26(4)25-20)12-16(28)24-10-11-30-5/h6-9,19H,10-13H2,1-5H3,(H,24,28)/t19-/m1/s1. The van der Waals surface area contributed by atoms with Crippen LogP contribution in [0, 0.1) is 5.82 Å². The number of aromatic nitrogens is 2. The lowest BCUT2D eigenvalue weighted by atomic mass is 9.87. The predicted octanol–water partition coefficient (Wildman–Crippen LogP) is 2.79. The Labute approximate surface area is 186 Å². The van der Waals surface area contributed by atoms with Gasteiger partial charge in [0, 0.05) is 31.7 Å². The van der Waals surface area contributed by atoms with E-state index >= 15 is 0 Å². The Bertz CT molecular complexity index is 953. The number of hydrogen-bond acceptors (Lipinski definition) is 5. The fourth-order valence-corrected chi connectivity index (χ4v) is 4.83. The number of carbonyl (C=O) groups is 2. The quantitative estimate of drug-likeness (QED) is 0.688. The van der Waals surface area contributed by atoms with Gasteiger partial charge in [0.25, 0.3) is 0 Å². The second-order valence-electron chi connectivity index (χ2n) is 8.52. The molecule has 2 aromatic rings. The zero-order valence-electron chi connectivity index (χ0n) is 18.6. The third-order valence-electron chi connectivity index (χ3n) is 5.06. The highest BCUT2D eigenvalue weighted by atomic mass is 32.2. The number of fused-ring (bicyclic) bond motifs is 1. The van der Waals surface area contributed by atoms with Crippen LogP contribution in [0.4, 0.5) is 10.2 Å². The molecule has 1 atom stereocenters. The first-order chi connectivity index (χ1) is 14.6. The van der Waals surface area contributed by atoms with Crippen molar-refractivity contribution in [2.75, 3.05) is 37.5 Å². The molecule has 1 N–H and O–H groups in total. The number of benzene rings is 1. The van der Waals surface area contributed by atoms with E-state index in [1.165, 1.54) is 28.8 Å². The van der Waals surface area contributed by atoms with Gasteiger partial charge in [-0.15, -0.1) is 11.8 Å². The minimum Gasteiger partial charge on any atom is -0.383 e. The molecule has 0 saturated carbocycles. The summed E-state index contributed by atoms with van der Waals surface area (Å²) in [6.45, 7) is 6.86. The van der Waals surface area contributed by atoms with Gasteiger partial charge in [0.15, 0.2) is 0 Å². The molecular formula is C22H29FN4O3S. The molecule has 2 heterocycles. The number of anilines is 1. The molecule has 0 bridgehead atoms. The zero-order valence-corrected chi connectivity index (χ0v) is 19.4. The number of ether oxygens (including phenoxy) is 1. The van der Waals surface area contributed by atoms with Crippen molar-refractivity contribution in [3.63, 3.8) is 0 Å². The molecule has 31 heavy (non-hydrogen) atoms. The van der Waals surface area contributed by atoms with Crippen LogP contribution in [0.3, 0.4) is 0 Å². The Morgan fingerprint density at radius 1 is 1.32 bits per heavy atom. The van der Waals surface area contributed by atoms with Crippen molar-refractivity contribution < 1.29 is 18.7 Å². The SMILES string of the molecule is COCCNC(=O)CN1C(=O)CS[C@H](c2ccc(F)cc2)c2c(C(C)(C)C)nn(C)c21. The number of carbonyl (C=O) groups excluding carboxylic acids is 2. The van der Waals surface area contributed by atoms with E-state index in [-0.39, 0.29) is 40.6 Å². The lowest BCUT2D eigenvalue weighted by Gasteiger charge is -2.24. The van der Waals surface area contributed by atoms with E-state index in [1.54, 1.807) is 31.0 Å². The number of rotatable bonds is 6. The van der Waals surface area contributed by atoms with Crippen molar-refractivity contribution >= 4 is 29.4 Å². The van der Waals surface area contributed by atoms with E-state index in [4.69, 9.17) is 9.84 Å². The molecular weight excluding hydrogens is 419 g/mol. The molecule has 1 aromatic heterocycles. The maximum absolute atomic E-state index is 13.6. The summed E-state index contributed by atoms with van der Waals surface area (Å²) in [6.07, 6.45) is 0. The average molecular weight is 449 g/mol. The van der Waals surface area contributed by atoms with E-state index in [0.717, 1.165) is 16.8 Å². The molecule has 0 fully saturated rings. The highest BCUT2D eigenvalue weighted by Crippen LogP contribution is 2.47. The fraction of sp³-hybridized carbons (Fsp3) is 0.500. The van der Waals surface area contributed by atoms with Crippen molar-refractivity contribution in [2.45, 2.75) is 31.4 Å². The van der Waals surface area contributed by atoms with Crippen LogP contribution in [0.5, 0.6) is 0 Å². The monoisotopic (exact) mass is 448 g/mol. The molecule has 1 aromatic carbocycles. The molecule has 1 aliphatic rings. The highest BCUT2D eigenvalue weighted by Gasteiger charge is 2.38. The van der Waals surface area contributed by atoms with Gasteiger partial charge in [-0.05, 0) is 17.7 Å². The first-order valence-electron chi connectivity index (χ1n) is 10.1. The molecule has 2 amide bonds. The third-order valence-corrected chi connectivity index (χ3v) is 6.31. The van der Waals surface area contributed by atoms with Crippen LogP contribution < -0.4 is 10.2 Å². The van der Waals surface area contributed by atoms with Crippen LogP contribution in [-0.2, 0) is 26.8 Å². The Morgan fingerprint density at radius 2 is 2.00 bits per heavy atom. The van der Waals surface area contributed by atoms with Crippen LogP contribution >= 0.6 is 11.8 Å². The summed E-state index contributed by atoms with van der Waals surface area (Å²) in [5, 5.41) is 7.32. The second-order valence-corrected chi connectivity index (χ2v) is 9.62. The summed E-state index contributed by atoms with van der Waals surface area (Å²) in [4.78, 5) is 27.1. The summed E-state index contributed by atoms with van der Waals surface area (Å²) in [5.41, 5.74) is 2.35. The van der Waals surface area contributed by atoms with Crippen LogP contribution in [0.15, 0.2) is 24.3 Å². The van der Waals surface area contributed by atoms with E-state index in [9.17, 15) is 14.0 Å². The van der Waals surface area contributed by atoms with E-state index in [0.29, 0.717) is 19.0 Å². The number of aryl methyl sites for hydroxylation is 1. The minimum atomic E-state index is -0.310.